The summed E-state index contributed by atoms with van der Waals surface area (Å²) in [7, 11) is -3.83. The monoisotopic (exact) mass is 464 g/mol. The predicted molar refractivity (Wildman–Crippen MR) is 126 cm³/mol. The maximum atomic E-state index is 11.5. The number of pyridine rings is 1. The Bertz CT molecular complexity index is 1330. The Labute approximate surface area is 194 Å². The lowest BCUT2D eigenvalue weighted by Crippen LogP contribution is -2.24. The van der Waals surface area contributed by atoms with Gasteiger partial charge in [-0.15, -0.1) is 0 Å². The molecule has 2 saturated carbocycles. The Hall–Kier alpha value is -2.89. The SMILES string of the molecule is CC(Cc1c(C#N)c2ccc(OC3CCC3)cc2n1C1CCC1)c1ccc(S(N)(=O)=O)nc1. The first-order valence-electron chi connectivity index (χ1n) is 11.6. The predicted octanol–water partition coefficient (Wildman–Crippen LogP) is 4.56. The Morgan fingerprint density at radius 2 is 1.97 bits per heavy atom. The number of ether oxygens (including phenoxy) is 1. The lowest BCUT2D eigenvalue weighted by molar-refractivity contribution is 0.120. The molecule has 0 bridgehead atoms. The van der Waals surface area contributed by atoms with Gasteiger partial charge < -0.3 is 9.30 Å². The first kappa shape index (κ1) is 21.9. The molecule has 2 aliphatic carbocycles. The molecule has 8 heteroatoms. The number of nitriles is 1. The third-order valence-electron chi connectivity index (χ3n) is 7.10. The molecule has 2 heterocycles. The van der Waals surface area contributed by atoms with Crippen LogP contribution >= 0.6 is 0 Å². The summed E-state index contributed by atoms with van der Waals surface area (Å²) in [6, 6.07) is 12.1. The normalized spacial score (nSPS) is 17.8. The quantitative estimate of drug-likeness (QED) is 0.551. The highest BCUT2D eigenvalue weighted by Gasteiger charge is 2.29. The first-order valence-corrected chi connectivity index (χ1v) is 13.1. The molecule has 2 fully saturated rings. The van der Waals surface area contributed by atoms with E-state index in [1.807, 2.05) is 12.1 Å². The number of fused-ring (bicyclic) bond motifs is 1. The average molecular weight is 465 g/mol. The summed E-state index contributed by atoms with van der Waals surface area (Å²) in [5, 5.41) is 16.1. The van der Waals surface area contributed by atoms with E-state index in [0.29, 0.717) is 24.1 Å². The molecule has 2 aromatic heterocycles. The fourth-order valence-corrected chi connectivity index (χ4v) is 5.20. The van der Waals surface area contributed by atoms with Crippen LogP contribution < -0.4 is 9.88 Å². The van der Waals surface area contributed by atoms with E-state index in [0.717, 1.165) is 53.6 Å². The second kappa shape index (κ2) is 8.47. The van der Waals surface area contributed by atoms with Gasteiger partial charge in [0.25, 0.3) is 10.0 Å². The maximum absolute atomic E-state index is 11.5. The van der Waals surface area contributed by atoms with Gasteiger partial charge in [0.1, 0.15) is 11.8 Å². The zero-order valence-corrected chi connectivity index (χ0v) is 19.5. The van der Waals surface area contributed by atoms with Crippen molar-refractivity contribution in [2.75, 3.05) is 0 Å². The van der Waals surface area contributed by atoms with Gasteiger partial charge in [0.15, 0.2) is 5.03 Å². The lowest BCUT2D eigenvalue weighted by atomic mass is 9.91. The number of hydrogen-bond acceptors (Lipinski definition) is 5. The van der Waals surface area contributed by atoms with Crippen LogP contribution in [0.15, 0.2) is 41.6 Å². The van der Waals surface area contributed by atoms with E-state index in [1.54, 1.807) is 12.3 Å². The smallest absolute Gasteiger partial charge is 0.255 e. The van der Waals surface area contributed by atoms with Gasteiger partial charge in [0.05, 0.1) is 17.2 Å². The van der Waals surface area contributed by atoms with Gasteiger partial charge in [0, 0.05) is 29.4 Å². The molecular weight excluding hydrogens is 436 g/mol. The molecule has 2 aliphatic rings. The minimum Gasteiger partial charge on any atom is -0.490 e. The summed E-state index contributed by atoms with van der Waals surface area (Å²) in [5.41, 5.74) is 3.72. The largest absolute Gasteiger partial charge is 0.490 e. The second-order valence-corrected chi connectivity index (χ2v) is 10.8. The molecule has 1 unspecified atom stereocenters. The molecule has 0 radical (unpaired) electrons. The van der Waals surface area contributed by atoms with Crippen molar-refractivity contribution in [3.8, 4) is 11.8 Å². The Balaban J connectivity index is 1.52. The van der Waals surface area contributed by atoms with Crippen LogP contribution in [0.25, 0.3) is 10.9 Å². The molecule has 1 atom stereocenters. The minimum absolute atomic E-state index is 0.0490. The molecule has 1 aromatic carbocycles. The van der Waals surface area contributed by atoms with Gasteiger partial charge in [-0.2, -0.15) is 5.26 Å². The van der Waals surface area contributed by atoms with Crippen LogP contribution in [0.1, 0.15) is 74.2 Å². The molecule has 172 valence electrons. The second-order valence-electron chi connectivity index (χ2n) is 9.32. The Morgan fingerprint density at radius 3 is 2.52 bits per heavy atom. The molecule has 2 N–H and O–H groups in total. The van der Waals surface area contributed by atoms with Gasteiger partial charge in [-0.25, -0.2) is 18.5 Å². The fourth-order valence-electron chi connectivity index (χ4n) is 4.74. The lowest BCUT2D eigenvalue weighted by Gasteiger charge is -2.31. The highest BCUT2D eigenvalue weighted by Crippen LogP contribution is 2.41. The standard InChI is InChI=1S/C25H28N4O3S/c1-16(17-8-11-25(28-15-17)33(27,30)31)12-23-22(14-26)21-10-9-20(32-19-6-3-7-19)13-24(21)29(23)18-4-2-5-18/h8-11,13,15-16,18-19H,2-7,12H2,1H3,(H2,27,30,31). The van der Waals surface area contributed by atoms with E-state index < -0.39 is 10.0 Å². The van der Waals surface area contributed by atoms with E-state index in [2.05, 4.69) is 28.6 Å². The summed E-state index contributed by atoms with van der Waals surface area (Å²) < 4.78 is 31.6. The molecule has 3 aromatic rings. The molecule has 0 spiro atoms. The molecule has 33 heavy (non-hydrogen) atoms. The zero-order chi connectivity index (χ0) is 23.2. The number of sulfonamides is 1. The molecule has 0 amide bonds. The van der Waals surface area contributed by atoms with Crippen LogP contribution in [-0.4, -0.2) is 24.1 Å². The van der Waals surface area contributed by atoms with Gasteiger partial charge in [-0.05, 0) is 74.6 Å². The van der Waals surface area contributed by atoms with Crippen molar-refractivity contribution in [1.82, 2.24) is 9.55 Å². The van der Waals surface area contributed by atoms with Crippen LogP contribution in [0.3, 0.4) is 0 Å². The summed E-state index contributed by atoms with van der Waals surface area (Å²) in [6.07, 6.45) is 9.36. The highest BCUT2D eigenvalue weighted by molar-refractivity contribution is 7.89. The number of nitrogens with two attached hydrogens (primary N) is 1. The number of rotatable bonds is 7. The van der Waals surface area contributed by atoms with E-state index in [-0.39, 0.29) is 10.9 Å². The zero-order valence-electron chi connectivity index (χ0n) is 18.7. The molecule has 0 saturated heterocycles. The van der Waals surface area contributed by atoms with Crippen molar-refractivity contribution in [2.24, 2.45) is 5.14 Å². The van der Waals surface area contributed by atoms with Crippen molar-refractivity contribution < 1.29 is 13.2 Å². The molecule has 5 rings (SSSR count). The van der Waals surface area contributed by atoms with Crippen molar-refractivity contribution >= 4 is 20.9 Å². The minimum atomic E-state index is -3.83. The summed E-state index contributed by atoms with van der Waals surface area (Å²) >= 11 is 0. The molecule has 0 aliphatic heterocycles. The van der Waals surface area contributed by atoms with Crippen LogP contribution in [0.2, 0.25) is 0 Å². The number of benzene rings is 1. The van der Waals surface area contributed by atoms with Gasteiger partial charge in [-0.1, -0.05) is 13.0 Å². The molecule has 7 nitrogen and oxygen atoms in total. The molecular formula is C25H28N4O3S. The van der Waals surface area contributed by atoms with Crippen LogP contribution in [0, 0.1) is 11.3 Å². The highest BCUT2D eigenvalue weighted by atomic mass is 32.2. The third-order valence-corrected chi connectivity index (χ3v) is 7.93. The topological polar surface area (TPSA) is 111 Å². The number of aromatic nitrogens is 2. The number of hydrogen-bond donors (Lipinski definition) is 1. The Morgan fingerprint density at radius 1 is 1.21 bits per heavy atom. The van der Waals surface area contributed by atoms with Crippen molar-refractivity contribution in [3.05, 3.63) is 53.3 Å². The van der Waals surface area contributed by atoms with Gasteiger partial charge in [-0.3, -0.25) is 0 Å². The third kappa shape index (κ3) is 4.11. The maximum Gasteiger partial charge on any atom is 0.255 e. The summed E-state index contributed by atoms with van der Waals surface area (Å²) in [5.74, 6) is 0.921. The van der Waals surface area contributed by atoms with Crippen molar-refractivity contribution in [1.29, 1.82) is 5.26 Å². The Kier molecular flexibility index (Phi) is 5.63. The van der Waals surface area contributed by atoms with Crippen LogP contribution in [-0.2, 0) is 16.4 Å². The van der Waals surface area contributed by atoms with E-state index in [1.165, 1.54) is 18.9 Å². The van der Waals surface area contributed by atoms with E-state index in [9.17, 15) is 13.7 Å². The van der Waals surface area contributed by atoms with Crippen molar-refractivity contribution in [2.45, 2.75) is 75.0 Å². The average Bonchev–Trinajstić information content (AvgIpc) is 3.01. The fraction of sp³-hybridized carbons (Fsp3) is 0.440. The van der Waals surface area contributed by atoms with E-state index in [4.69, 9.17) is 9.88 Å². The first-order chi connectivity index (χ1) is 15.8. The number of nitrogens with zero attached hydrogens (tertiary/aromatic N) is 3. The summed E-state index contributed by atoms with van der Waals surface area (Å²) in [4.78, 5) is 4.03. The summed E-state index contributed by atoms with van der Waals surface area (Å²) in [6.45, 7) is 2.07. The van der Waals surface area contributed by atoms with Crippen LogP contribution in [0.4, 0.5) is 0 Å². The van der Waals surface area contributed by atoms with E-state index >= 15 is 0 Å². The van der Waals surface area contributed by atoms with Gasteiger partial charge in [0.2, 0.25) is 0 Å². The van der Waals surface area contributed by atoms with Gasteiger partial charge >= 0.3 is 0 Å². The number of primary sulfonamides is 1. The van der Waals surface area contributed by atoms with Crippen LogP contribution in [0.5, 0.6) is 5.75 Å². The van der Waals surface area contributed by atoms with Crippen molar-refractivity contribution in [3.63, 3.8) is 0 Å².